The van der Waals surface area contributed by atoms with Crippen molar-refractivity contribution >= 4 is 5.91 Å². The summed E-state index contributed by atoms with van der Waals surface area (Å²) in [7, 11) is 0. The van der Waals surface area contributed by atoms with Crippen LogP contribution in [0.3, 0.4) is 0 Å². The number of nitrogens with one attached hydrogen (secondary N) is 1. The fourth-order valence-electron chi connectivity index (χ4n) is 6.74. The zero-order valence-electron chi connectivity index (χ0n) is 38.5. The molecule has 0 saturated heterocycles. The Morgan fingerprint density at radius 2 is 0.763 bits per heavy atom. The van der Waals surface area contributed by atoms with E-state index in [0.717, 1.165) is 83.5 Å². The van der Waals surface area contributed by atoms with E-state index in [9.17, 15) is 15.0 Å². The van der Waals surface area contributed by atoms with Crippen molar-refractivity contribution in [2.24, 2.45) is 0 Å². The van der Waals surface area contributed by atoms with Crippen LogP contribution >= 0.6 is 0 Å². The number of allylic oxidation sites excluding steroid dienone is 17. The van der Waals surface area contributed by atoms with Crippen LogP contribution < -0.4 is 5.32 Å². The molecular weight excluding hydrogens is 723 g/mol. The standard InChI is InChI=1S/C55H93NO3/c1-3-5-7-9-11-13-15-17-19-21-23-24-25-26-27-28-29-30-31-32-33-35-37-39-41-43-45-47-49-51-55(59)56-53(52-57)54(58)50-48-46-44-42-40-38-36-34-22-20-18-16-14-12-10-8-6-4-2/h5,7,11,13,17,19,22-24,26-27,29-30,34,40,42,48,50,53-54,57-58H,3-4,6,8-10,12,14-16,18,20-21,25,28,31-33,35-39,41,43-47,49,51-52H2,1-2H3,(H,56,59)/b7-5-,13-11-,19-17-,24-23-,27-26-,30-29-,34-22+,42-40+,50-48+. The molecule has 0 aromatic carbocycles. The van der Waals surface area contributed by atoms with Crippen LogP contribution in [0.25, 0.3) is 0 Å². The van der Waals surface area contributed by atoms with Gasteiger partial charge in [0.15, 0.2) is 0 Å². The summed E-state index contributed by atoms with van der Waals surface area (Å²) in [4.78, 5) is 12.4. The number of rotatable bonds is 43. The van der Waals surface area contributed by atoms with Gasteiger partial charge < -0.3 is 15.5 Å². The molecule has 0 aromatic heterocycles. The zero-order valence-corrected chi connectivity index (χ0v) is 38.5. The number of carbonyl (C=O) groups excluding carboxylic acids is 1. The van der Waals surface area contributed by atoms with Gasteiger partial charge in [0.1, 0.15) is 0 Å². The molecule has 0 saturated carbocycles. The molecular formula is C55H93NO3. The Kier molecular flexibility index (Phi) is 46.9. The highest BCUT2D eigenvalue weighted by atomic mass is 16.3. The summed E-state index contributed by atoms with van der Waals surface area (Å²) in [5.41, 5.74) is 0. The lowest BCUT2D eigenvalue weighted by molar-refractivity contribution is -0.123. The zero-order chi connectivity index (χ0) is 42.8. The van der Waals surface area contributed by atoms with Gasteiger partial charge in [-0.3, -0.25) is 4.79 Å². The minimum absolute atomic E-state index is 0.0877. The van der Waals surface area contributed by atoms with Crippen molar-refractivity contribution < 1.29 is 15.0 Å². The van der Waals surface area contributed by atoms with E-state index in [0.29, 0.717) is 6.42 Å². The number of carbonyl (C=O) groups is 1. The van der Waals surface area contributed by atoms with Crippen LogP contribution in [0.15, 0.2) is 109 Å². The smallest absolute Gasteiger partial charge is 0.220 e. The quantitative estimate of drug-likeness (QED) is 0.0424. The normalized spacial score (nSPS) is 13.9. The molecule has 0 bridgehead atoms. The summed E-state index contributed by atoms with van der Waals surface area (Å²) < 4.78 is 0. The molecule has 0 radical (unpaired) electrons. The highest BCUT2D eigenvalue weighted by Gasteiger charge is 2.17. The molecule has 1 amide bonds. The van der Waals surface area contributed by atoms with E-state index in [1.165, 1.54) is 109 Å². The molecule has 0 spiro atoms. The van der Waals surface area contributed by atoms with Gasteiger partial charge in [0, 0.05) is 6.42 Å². The van der Waals surface area contributed by atoms with Gasteiger partial charge in [0.25, 0.3) is 0 Å². The Balaban J connectivity index is 3.65. The number of aliphatic hydroxyl groups excluding tert-OH is 2. The van der Waals surface area contributed by atoms with Gasteiger partial charge in [0.05, 0.1) is 18.8 Å². The first-order valence-electron chi connectivity index (χ1n) is 24.6. The number of hydrogen-bond donors (Lipinski definition) is 3. The highest BCUT2D eigenvalue weighted by molar-refractivity contribution is 5.76. The Bertz CT molecular complexity index is 1150. The molecule has 0 aliphatic rings. The molecule has 0 aromatic rings. The molecule has 59 heavy (non-hydrogen) atoms. The average Bonchev–Trinajstić information content (AvgIpc) is 3.24. The van der Waals surface area contributed by atoms with E-state index in [-0.39, 0.29) is 12.5 Å². The van der Waals surface area contributed by atoms with E-state index >= 15 is 0 Å². The predicted octanol–water partition coefficient (Wildman–Crippen LogP) is 16.0. The van der Waals surface area contributed by atoms with Crippen LogP contribution in [0.1, 0.15) is 213 Å². The molecule has 0 rings (SSSR count). The lowest BCUT2D eigenvalue weighted by Gasteiger charge is -2.19. The number of hydrogen-bond acceptors (Lipinski definition) is 3. The van der Waals surface area contributed by atoms with Crippen LogP contribution in [0, 0.1) is 0 Å². The van der Waals surface area contributed by atoms with E-state index < -0.39 is 12.1 Å². The van der Waals surface area contributed by atoms with Crippen LogP contribution in [-0.4, -0.2) is 34.9 Å². The van der Waals surface area contributed by atoms with Crippen molar-refractivity contribution in [2.45, 2.75) is 225 Å². The summed E-state index contributed by atoms with van der Waals surface area (Å²) in [6.07, 6.45) is 74.9. The van der Waals surface area contributed by atoms with Crippen LogP contribution in [-0.2, 0) is 4.79 Å². The Morgan fingerprint density at radius 1 is 0.424 bits per heavy atom. The van der Waals surface area contributed by atoms with Crippen molar-refractivity contribution in [3.63, 3.8) is 0 Å². The van der Waals surface area contributed by atoms with Gasteiger partial charge in [-0.1, -0.05) is 220 Å². The molecule has 0 aliphatic carbocycles. The van der Waals surface area contributed by atoms with Gasteiger partial charge >= 0.3 is 0 Å². The molecule has 2 atom stereocenters. The van der Waals surface area contributed by atoms with Crippen LogP contribution in [0.4, 0.5) is 0 Å². The predicted molar refractivity (Wildman–Crippen MR) is 262 cm³/mol. The minimum atomic E-state index is -0.879. The Hall–Kier alpha value is -2.95. The summed E-state index contributed by atoms with van der Waals surface area (Å²) in [6.45, 7) is 4.17. The maximum Gasteiger partial charge on any atom is 0.220 e. The van der Waals surface area contributed by atoms with E-state index in [2.05, 4.69) is 116 Å². The largest absolute Gasteiger partial charge is 0.394 e. The third-order valence-electron chi connectivity index (χ3n) is 10.5. The maximum atomic E-state index is 12.4. The van der Waals surface area contributed by atoms with Crippen LogP contribution in [0.5, 0.6) is 0 Å². The topological polar surface area (TPSA) is 69.6 Å². The third kappa shape index (κ3) is 46.0. The molecule has 4 heteroatoms. The van der Waals surface area contributed by atoms with E-state index in [1.54, 1.807) is 6.08 Å². The van der Waals surface area contributed by atoms with E-state index in [4.69, 9.17) is 0 Å². The van der Waals surface area contributed by atoms with Crippen molar-refractivity contribution in [3.05, 3.63) is 109 Å². The summed E-state index contributed by atoms with van der Waals surface area (Å²) in [5, 5.41) is 23.0. The molecule has 2 unspecified atom stereocenters. The number of amides is 1. The molecule has 336 valence electrons. The minimum Gasteiger partial charge on any atom is -0.394 e. The van der Waals surface area contributed by atoms with Crippen LogP contribution in [0.2, 0.25) is 0 Å². The van der Waals surface area contributed by atoms with Crippen molar-refractivity contribution in [3.8, 4) is 0 Å². The molecule has 0 aliphatic heterocycles. The monoisotopic (exact) mass is 816 g/mol. The van der Waals surface area contributed by atoms with Crippen molar-refractivity contribution in [2.75, 3.05) is 6.61 Å². The first kappa shape index (κ1) is 56.1. The average molecular weight is 816 g/mol. The number of unbranched alkanes of at least 4 members (excludes halogenated alkanes) is 20. The molecule has 0 fully saturated rings. The van der Waals surface area contributed by atoms with Gasteiger partial charge in [-0.25, -0.2) is 0 Å². The second-order valence-electron chi connectivity index (χ2n) is 16.1. The highest BCUT2D eigenvalue weighted by Crippen LogP contribution is 2.13. The second-order valence-corrected chi connectivity index (χ2v) is 16.1. The van der Waals surface area contributed by atoms with E-state index in [1.807, 2.05) is 6.08 Å². The first-order chi connectivity index (χ1) is 29.2. The molecule has 0 heterocycles. The van der Waals surface area contributed by atoms with Crippen molar-refractivity contribution in [1.82, 2.24) is 5.32 Å². The van der Waals surface area contributed by atoms with Gasteiger partial charge in [-0.15, -0.1) is 0 Å². The summed E-state index contributed by atoms with van der Waals surface area (Å²) >= 11 is 0. The summed E-state index contributed by atoms with van der Waals surface area (Å²) in [6, 6.07) is -0.655. The van der Waals surface area contributed by atoms with Gasteiger partial charge in [0.2, 0.25) is 5.91 Å². The third-order valence-corrected chi connectivity index (χ3v) is 10.5. The van der Waals surface area contributed by atoms with Crippen molar-refractivity contribution in [1.29, 1.82) is 0 Å². The second kappa shape index (κ2) is 49.4. The van der Waals surface area contributed by atoms with Gasteiger partial charge in [-0.05, 0) is 96.3 Å². The first-order valence-corrected chi connectivity index (χ1v) is 24.6. The fraction of sp³-hybridized carbons (Fsp3) is 0.655. The van der Waals surface area contributed by atoms with Gasteiger partial charge in [-0.2, -0.15) is 0 Å². The lowest BCUT2D eigenvalue weighted by Crippen LogP contribution is -2.45. The Labute approximate surface area is 366 Å². The maximum absolute atomic E-state index is 12.4. The molecule has 4 nitrogen and oxygen atoms in total. The lowest BCUT2D eigenvalue weighted by atomic mass is 10.0. The Morgan fingerprint density at radius 3 is 1.19 bits per heavy atom. The molecule has 3 N–H and O–H groups in total. The summed E-state index contributed by atoms with van der Waals surface area (Å²) in [5.74, 6) is -0.0877. The fourth-order valence-corrected chi connectivity index (χ4v) is 6.74. The number of aliphatic hydroxyl groups is 2. The SMILES string of the molecule is CC/C=C\C/C=C\C/C=C\C/C=C\C/C=C\C/C=C\CCCCCCCCCCCCC(=O)NC(CO)C(O)/C=C/CC/C=C/CC/C=C/CCCCCCCCCC.